The van der Waals surface area contributed by atoms with Crippen LogP contribution in [0.1, 0.15) is 40.5 Å². The average Bonchev–Trinajstić information content (AvgIpc) is 2.73. The molecule has 1 heterocycles. The highest BCUT2D eigenvalue weighted by atomic mass is 16.1. The van der Waals surface area contributed by atoms with Gasteiger partial charge in [0.15, 0.2) is 0 Å². The molecule has 2 nitrogen and oxygen atoms in total. The Bertz CT molecular complexity index is 300. The number of fused-ring (bicyclic) bond motifs is 2. The molecular formula is C13H21NO. The monoisotopic (exact) mass is 207 g/mol. The zero-order valence-corrected chi connectivity index (χ0v) is 10.2. The van der Waals surface area contributed by atoms with Gasteiger partial charge in [-0.1, -0.05) is 19.1 Å². The van der Waals surface area contributed by atoms with Gasteiger partial charge in [-0.05, 0) is 27.2 Å². The summed E-state index contributed by atoms with van der Waals surface area (Å²) in [6.45, 7) is 8.59. The third kappa shape index (κ3) is 1.65. The molecule has 0 spiro atoms. The normalized spacial score (nSPS) is 35.1. The Morgan fingerprint density at radius 3 is 2.60 bits per heavy atom. The first-order chi connectivity index (χ1) is 6.95. The van der Waals surface area contributed by atoms with Crippen molar-refractivity contribution in [2.75, 3.05) is 0 Å². The number of likely N-dealkylation sites (tertiary alicyclic amines) is 1. The van der Waals surface area contributed by atoms with Crippen LogP contribution in [-0.2, 0) is 4.79 Å². The lowest BCUT2D eigenvalue weighted by molar-refractivity contribution is -0.126. The predicted octanol–water partition coefficient (Wildman–Crippen LogP) is 2.39. The third-order valence-electron chi connectivity index (χ3n) is 3.61. The second-order valence-electron chi connectivity index (χ2n) is 5.69. The summed E-state index contributed by atoms with van der Waals surface area (Å²) in [7, 11) is 0. The summed E-state index contributed by atoms with van der Waals surface area (Å²) in [5.41, 5.74) is 0.0969. The Hall–Kier alpha value is -0.630. The van der Waals surface area contributed by atoms with Crippen LogP contribution in [0.25, 0.3) is 0 Å². The van der Waals surface area contributed by atoms with Crippen molar-refractivity contribution < 1.29 is 4.79 Å². The molecule has 2 heteroatoms. The largest absolute Gasteiger partial charge is 0.298 e. The van der Waals surface area contributed by atoms with Crippen LogP contribution in [0.15, 0.2) is 12.2 Å². The van der Waals surface area contributed by atoms with Gasteiger partial charge in [0.1, 0.15) is 5.78 Å². The fraction of sp³-hybridized carbons (Fsp3) is 0.769. The molecule has 0 N–H and O–H groups in total. The maximum absolute atomic E-state index is 12.0. The van der Waals surface area contributed by atoms with Crippen LogP contribution >= 0.6 is 0 Å². The highest BCUT2D eigenvalue weighted by Crippen LogP contribution is 2.42. The average molecular weight is 207 g/mol. The fourth-order valence-corrected chi connectivity index (χ4v) is 3.08. The Labute approximate surface area is 92.3 Å². The lowest BCUT2D eigenvalue weighted by Gasteiger charge is -2.41. The van der Waals surface area contributed by atoms with Crippen molar-refractivity contribution >= 4 is 5.78 Å². The third-order valence-corrected chi connectivity index (χ3v) is 3.61. The summed E-state index contributed by atoms with van der Waals surface area (Å²) >= 11 is 0. The molecule has 2 bridgehead atoms. The molecule has 0 amide bonds. The van der Waals surface area contributed by atoms with Crippen LogP contribution in [0, 0.1) is 5.92 Å². The molecule has 0 aromatic carbocycles. The molecule has 0 radical (unpaired) electrons. The first-order valence-electron chi connectivity index (χ1n) is 5.94. The Kier molecular flexibility index (Phi) is 2.50. The lowest BCUT2D eigenvalue weighted by Crippen LogP contribution is -2.53. The maximum Gasteiger partial charge on any atom is 0.150 e. The van der Waals surface area contributed by atoms with Gasteiger partial charge in [0.05, 0.1) is 6.04 Å². The Morgan fingerprint density at radius 1 is 1.40 bits per heavy atom. The van der Waals surface area contributed by atoms with Crippen molar-refractivity contribution in [3.05, 3.63) is 12.2 Å². The van der Waals surface area contributed by atoms with Crippen molar-refractivity contribution in [1.82, 2.24) is 4.90 Å². The van der Waals surface area contributed by atoms with E-state index in [9.17, 15) is 4.79 Å². The summed E-state index contributed by atoms with van der Waals surface area (Å²) < 4.78 is 0. The molecule has 1 aliphatic heterocycles. The first-order valence-corrected chi connectivity index (χ1v) is 5.94. The van der Waals surface area contributed by atoms with E-state index in [-0.39, 0.29) is 11.6 Å². The van der Waals surface area contributed by atoms with Crippen LogP contribution < -0.4 is 0 Å². The number of carbonyl (C=O) groups is 1. The molecule has 0 aromatic heterocycles. The van der Waals surface area contributed by atoms with Gasteiger partial charge in [0.2, 0.25) is 0 Å². The number of rotatable bonds is 2. The molecule has 15 heavy (non-hydrogen) atoms. The van der Waals surface area contributed by atoms with Crippen molar-refractivity contribution in [2.24, 2.45) is 5.92 Å². The second-order valence-corrected chi connectivity index (χ2v) is 5.69. The highest BCUT2D eigenvalue weighted by molar-refractivity contribution is 5.85. The minimum Gasteiger partial charge on any atom is -0.298 e. The Morgan fingerprint density at radius 2 is 2.07 bits per heavy atom. The van der Waals surface area contributed by atoms with Gasteiger partial charge in [-0.25, -0.2) is 0 Å². The number of Topliss-reactive ketones (excluding diaryl/α,β-unsaturated/α-hetero) is 1. The maximum atomic E-state index is 12.0. The molecule has 1 fully saturated rings. The molecule has 3 atom stereocenters. The number of hydrogen-bond donors (Lipinski definition) is 0. The van der Waals surface area contributed by atoms with E-state index in [1.165, 1.54) is 0 Å². The molecular weight excluding hydrogens is 186 g/mol. The van der Waals surface area contributed by atoms with Crippen LogP contribution in [0.5, 0.6) is 0 Å². The summed E-state index contributed by atoms with van der Waals surface area (Å²) in [6.07, 6.45) is 6.32. The second kappa shape index (κ2) is 3.44. The molecule has 0 saturated carbocycles. The molecule has 3 unspecified atom stereocenters. The van der Waals surface area contributed by atoms with Crippen molar-refractivity contribution in [3.63, 3.8) is 0 Å². The fourth-order valence-electron chi connectivity index (χ4n) is 3.08. The van der Waals surface area contributed by atoms with Gasteiger partial charge < -0.3 is 0 Å². The van der Waals surface area contributed by atoms with E-state index < -0.39 is 0 Å². The van der Waals surface area contributed by atoms with Gasteiger partial charge in [-0.2, -0.15) is 0 Å². The summed E-state index contributed by atoms with van der Waals surface area (Å²) in [5, 5.41) is 0. The van der Waals surface area contributed by atoms with Gasteiger partial charge in [-0.3, -0.25) is 9.69 Å². The standard InChI is InChI=1S/C13H21NO/c1-5-11(15)12-9-6-7-10(8-9)14(12)13(2,3)4/h6-7,9-10,12H,5,8H2,1-4H3. The minimum atomic E-state index is 0.0969. The van der Waals surface area contributed by atoms with Gasteiger partial charge in [-0.15, -0.1) is 0 Å². The first kappa shape index (κ1) is 10.9. The van der Waals surface area contributed by atoms with E-state index in [4.69, 9.17) is 0 Å². The number of nitrogens with zero attached hydrogens (tertiary/aromatic N) is 1. The smallest absolute Gasteiger partial charge is 0.150 e. The molecule has 2 aliphatic rings. The van der Waals surface area contributed by atoms with Gasteiger partial charge >= 0.3 is 0 Å². The quantitative estimate of drug-likeness (QED) is 0.648. The minimum absolute atomic E-state index is 0.0969. The van der Waals surface area contributed by atoms with Crippen LogP contribution in [0.2, 0.25) is 0 Å². The van der Waals surface area contributed by atoms with E-state index in [0.717, 1.165) is 6.42 Å². The highest BCUT2D eigenvalue weighted by Gasteiger charge is 2.49. The topological polar surface area (TPSA) is 20.3 Å². The number of carbonyl (C=O) groups excluding carboxylic acids is 1. The van der Waals surface area contributed by atoms with E-state index in [2.05, 4.69) is 37.8 Å². The van der Waals surface area contributed by atoms with Crippen LogP contribution in [0.4, 0.5) is 0 Å². The van der Waals surface area contributed by atoms with Gasteiger partial charge in [0.25, 0.3) is 0 Å². The van der Waals surface area contributed by atoms with E-state index in [1.807, 2.05) is 6.92 Å². The van der Waals surface area contributed by atoms with E-state index >= 15 is 0 Å². The SMILES string of the molecule is CCC(=O)C1C2C=CC(C2)N1C(C)(C)C. The summed E-state index contributed by atoms with van der Waals surface area (Å²) in [4.78, 5) is 14.4. The number of ketones is 1. The Balaban J connectivity index is 2.28. The van der Waals surface area contributed by atoms with Crippen molar-refractivity contribution in [2.45, 2.75) is 58.2 Å². The van der Waals surface area contributed by atoms with Crippen LogP contribution in [-0.4, -0.2) is 28.3 Å². The molecule has 2 rings (SSSR count). The predicted molar refractivity (Wildman–Crippen MR) is 61.7 cm³/mol. The van der Waals surface area contributed by atoms with Crippen molar-refractivity contribution in [1.29, 1.82) is 0 Å². The molecule has 1 saturated heterocycles. The van der Waals surface area contributed by atoms with Crippen molar-refractivity contribution in [3.8, 4) is 0 Å². The lowest BCUT2D eigenvalue weighted by atomic mass is 9.93. The summed E-state index contributed by atoms with van der Waals surface area (Å²) in [5.74, 6) is 0.878. The van der Waals surface area contributed by atoms with E-state index in [1.54, 1.807) is 0 Å². The van der Waals surface area contributed by atoms with Gasteiger partial charge in [0, 0.05) is 23.9 Å². The zero-order valence-electron chi connectivity index (χ0n) is 10.2. The zero-order chi connectivity index (χ0) is 11.2. The molecule has 1 aliphatic carbocycles. The molecule has 84 valence electrons. The van der Waals surface area contributed by atoms with Crippen LogP contribution in [0.3, 0.4) is 0 Å². The molecule has 0 aromatic rings. The van der Waals surface area contributed by atoms with E-state index in [0.29, 0.717) is 24.2 Å². The number of hydrogen-bond acceptors (Lipinski definition) is 2. The summed E-state index contributed by atoms with van der Waals surface area (Å²) in [6, 6.07) is 0.639.